The lowest BCUT2D eigenvalue weighted by Gasteiger charge is -2.16. The van der Waals surface area contributed by atoms with Crippen molar-refractivity contribution in [2.75, 3.05) is 12.4 Å². The average Bonchev–Trinajstić information content (AvgIpc) is 3.40. The van der Waals surface area contributed by atoms with Gasteiger partial charge in [0.15, 0.2) is 10.9 Å². The van der Waals surface area contributed by atoms with Gasteiger partial charge in [-0.25, -0.2) is 4.98 Å². The number of Topliss-reactive ketones (excluding diaryl/α,β-unsaturated/α-hetero) is 1. The summed E-state index contributed by atoms with van der Waals surface area (Å²) in [6, 6.07) is 12.8. The predicted molar refractivity (Wildman–Crippen MR) is 128 cm³/mol. The molecule has 1 fully saturated rings. The number of hydrogen-bond acceptors (Lipinski definition) is 5. The van der Waals surface area contributed by atoms with Crippen molar-refractivity contribution in [1.29, 1.82) is 0 Å². The molecule has 1 unspecified atom stereocenters. The Morgan fingerprint density at radius 2 is 2.12 bits per heavy atom. The van der Waals surface area contributed by atoms with E-state index in [-0.39, 0.29) is 23.2 Å². The number of rotatable bonds is 6. The summed E-state index contributed by atoms with van der Waals surface area (Å²) in [5.41, 5.74) is 2.86. The Kier molecular flexibility index (Phi) is 5.80. The number of carbonyl (C=O) groups is 1. The fourth-order valence-electron chi connectivity index (χ4n) is 4.28. The Labute approximate surface area is 193 Å². The summed E-state index contributed by atoms with van der Waals surface area (Å²) in [6.07, 6.45) is 1.87. The SMILES string of the molecule is Cc1[nH]c2ccccc2c1C(=O)CSc1nc2cc(Cl)ccc2c(=O)n1CC1CCCO1. The summed E-state index contributed by atoms with van der Waals surface area (Å²) in [7, 11) is 0. The number of aromatic amines is 1. The first-order valence-corrected chi connectivity index (χ1v) is 11.9. The Balaban J connectivity index is 1.50. The van der Waals surface area contributed by atoms with Crippen LogP contribution in [0.2, 0.25) is 5.02 Å². The summed E-state index contributed by atoms with van der Waals surface area (Å²) in [5.74, 6) is 0.168. The van der Waals surface area contributed by atoms with Crippen LogP contribution in [0.25, 0.3) is 21.8 Å². The second-order valence-corrected chi connectivity index (χ2v) is 9.37. The number of H-pyrrole nitrogens is 1. The highest BCUT2D eigenvalue weighted by Crippen LogP contribution is 2.27. The van der Waals surface area contributed by atoms with E-state index in [1.54, 1.807) is 22.8 Å². The summed E-state index contributed by atoms with van der Waals surface area (Å²) in [5, 5.41) is 2.44. The summed E-state index contributed by atoms with van der Waals surface area (Å²) in [6.45, 7) is 3.03. The lowest BCUT2D eigenvalue weighted by atomic mass is 10.1. The number of ether oxygens (including phenoxy) is 1. The van der Waals surface area contributed by atoms with E-state index in [1.807, 2.05) is 31.2 Å². The molecule has 5 rings (SSSR count). The number of aromatic nitrogens is 3. The van der Waals surface area contributed by atoms with Crippen LogP contribution in [-0.2, 0) is 11.3 Å². The van der Waals surface area contributed by atoms with Gasteiger partial charge in [-0.1, -0.05) is 41.6 Å². The fraction of sp³-hybridized carbons (Fsp3) is 0.292. The molecule has 3 heterocycles. The number of nitrogens with one attached hydrogen (secondary N) is 1. The smallest absolute Gasteiger partial charge is 0.262 e. The van der Waals surface area contributed by atoms with Crippen LogP contribution in [0.4, 0.5) is 0 Å². The minimum absolute atomic E-state index is 0.00550. The van der Waals surface area contributed by atoms with Crippen LogP contribution in [-0.4, -0.2) is 38.8 Å². The van der Waals surface area contributed by atoms with Crippen LogP contribution < -0.4 is 5.56 Å². The van der Waals surface area contributed by atoms with Crippen LogP contribution in [0.5, 0.6) is 0 Å². The standard InChI is InChI=1S/C24H22ClN3O3S/c1-14-22(17-6-2-3-7-19(17)26-14)21(29)13-32-24-27-20-11-15(25)8-9-18(20)23(30)28(24)12-16-5-4-10-31-16/h2-3,6-9,11,16,26H,4-5,10,12-13H2,1H3. The number of benzene rings is 2. The second kappa shape index (κ2) is 8.73. The maximum Gasteiger partial charge on any atom is 0.262 e. The molecule has 6 nitrogen and oxygen atoms in total. The van der Waals surface area contributed by atoms with E-state index in [9.17, 15) is 9.59 Å². The Hall–Kier alpha value is -2.61. The second-order valence-electron chi connectivity index (χ2n) is 7.99. The van der Waals surface area contributed by atoms with E-state index in [1.165, 1.54) is 11.8 Å². The van der Waals surface area contributed by atoms with E-state index in [4.69, 9.17) is 21.3 Å². The molecule has 0 bridgehead atoms. The monoisotopic (exact) mass is 467 g/mol. The molecule has 0 saturated carbocycles. The van der Waals surface area contributed by atoms with Gasteiger partial charge in [-0.3, -0.25) is 14.2 Å². The van der Waals surface area contributed by atoms with Gasteiger partial charge in [0.25, 0.3) is 5.56 Å². The maximum atomic E-state index is 13.3. The third-order valence-corrected chi connectivity index (χ3v) is 7.01. The Morgan fingerprint density at radius 1 is 1.28 bits per heavy atom. The van der Waals surface area contributed by atoms with Crippen LogP contribution in [0.3, 0.4) is 0 Å². The quantitative estimate of drug-likeness (QED) is 0.245. The number of aryl methyl sites for hydroxylation is 1. The van der Waals surface area contributed by atoms with Crippen LogP contribution in [0.15, 0.2) is 52.4 Å². The fourth-order valence-corrected chi connectivity index (χ4v) is 5.32. The molecule has 0 spiro atoms. The lowest BCUT2D eigenvalue weighted by molar-refractivity contribution is 0.0937. The minimum Gasteiger partial charge on any atom is -0.376 e. The molecular weight excluding hydrogens is 446 g/mol. The number of fused-ring (bicyclic) bond motifs is 2. The molecule has 2 aromatic heterocycles. The first kappa shape index (κ1) is 21.2. The first-order valence-electron chi connectivity index (χ1n) is 10.6. The van der Waals surface area contributed by atoms with Crippen molar-refractivity contribution in [2.24, 2.45) is 0 Å². The molecule has 1 saturated heterocycles. The number of halogens is 1. The van der Waals surface area contributed by atoms with E-state index in [2.05, 4.69) is 4.98 Å². The third kappa shape index (κ3) is 3.96. The maximum absolute atomic E-state index is 13.3. The number of ketones is 1. The Morgan fingerprint density at radius 3 is 2.94 bits per heavy atom. The van der Waals surface area contributed by atoms with Gasteiger partial charge in [0.05, 0.1) is 29.3 Å². The van der Waals surface area contributed by atoms with E-state index < -0.39 is 0 Å². The van der Waals surface area contributed by atoms with Crippen molar-refractivity contribution in [2.45, 2.75) is 37.6 Å². The van der Waals surface area contributed by atoms with E-state index >= 15 is 0 Å². The highest BCUT2D eigenvalue weighted by atomic mass is 35.5. The molecule has 2 aromatic carbocycles. The molecule has 164 valence electrons. The number of para-hydroxylation sites is 1. The zero-order valence-electron chi connectivity index (χ0n) is 17.6. The van der Waals surface area contributed by atoms with Crippen molar-refractivity contribution >= 4 is 51.0 Å². The minimum atomic E-state index is -0.139. The van der Waals surface area contributed by atoms with Gasteiger partial charge >= 0.3 is 0 Å². The van der Waals surface area contributed by atoms with Crippen LogP contribution in [0, 0.1) is 6.92 Å². The summed E-state index contributed by atoms with van der Waals surface area (Å²) in [4.78, 5) is 34.4. The zero-order valence-corrected chi connectivity index (χ0v) is 19.1. The average molecular weight is 468 g/mol. The first-order chi connectivity index (χ1) is 15.5. The zero-order chi connectivity index (χ0) is 22.2. The molecule has 1 aliphatic heterocycles. The molecule has 4 aromatic rings. The lowest BCUT2D eigenvalue weighted by Crippen LogP contribution is -2.29. The number of nitrogens with zero attached hydrogens (tertiary/aromatic N) is 2. The molecule has 1 aliphatic rings. The van der Waals surface area contributed by atoms with Crippen molar-refractivity contribution in [3.8, 4) is 0 Å². The largest absolute Gasteiger partial charge is 0.376 e. The third-order valence-electron chi connectivity index (χ3n) is 5.80. The summed E-state index contributed by atoms with van der Waals surface area (Å²) >= 11 is 7.41. The highest BCUT2D eigenvalue weighted by molar-refractivity contribution is 7.99. The number of carbonyl (C=O) groups excluding carboxylic acids is 1. The van der Waals surface area contributed by atoms with E-state index in [0.29, 0.717) is 39.8 Å². The molecule has 32 heavy (non-hydrogen) atoms. The summed E-state index contributed by atoms with van der Waals surface area (Å²) < 4.78 is 7.40. The van der Waals surface area contributed by atoms with Gasteiger partial charge in [-0.05, 0) is 44.0 Å². The molecule has 0 aliphatic carbocycles. The molecular formula is C24H22ClN3O3S. The van der Waals surface area contributed by atoms with Crippen molar-refractivity contribution in [1.82, 2.24) is 14.5 Å². The van der Waals surface area contributed by atoms with Crippen LogP contribution in [0.1, 0.15) is 28.9 Å². The molecule has 0 radical (unpaired) electrons. The molecule has 1 atom stereocenters. The molecule has 8 heteroatoms. The van der Waals surface area contributed by atoms with E-state index in [0.717, 1.165) is 29.4 Å². The number of hydrogen-bond donors (Lipinski definition) is 1. The van der Waals surface area contributed by atoms with Crippen molar-refractivity contribution in [3.05, 3.63) is 69.1 Å². The van der Waals surface area contributed by atoms with Crippen molar-refractivity contribution < 1.29 is 9.53 Å². The molecule has 0 amide bonds. The van der Waals surface area contributed by atoms with Gasteiger partial charge in [-0.15, -0.1) is 0 Å². The van der Waals surface area contributed by atoms with Gasteiger partial charge in [0.1, 0.15) is 0 Å². The topological polar surface area (TPSA) is 77.0 Å². The molecule has 1 N–H and O–H groups in total. The van der Waals surface area contributed by atoms with Crippen molar-refractivity contribution in [3.63, 3.8) is 0 Å². The predicted octanol–water partition coefficient (Wildman–Crippen LogP) is 4.99. The van der Waals surface area contributed by atoms with Crippen LogP contribution >= 0.6 is 23.4 Å². The van der Waals surface area contributed by atoms with Gasteiger partial charge in [-0.2, -0.15) is 0 Å². The number of thioether (sulfide) groups is 1. The normalized spacial score (nSPS) is 16.2. The highest BCUT2D eigenvalue weighted by Gasteiger charge is 2.22. The van der Waals surface area contributed by atoms with Gasteiger partial charge in [0, 0.05) is 33.8 Å². The Bertz CT molecular complexity index is 1390. The van der Waals surface area contributed by atoms with Gasteiger partial charge in [0.2, 0.25) is 0 Å². The van der Waals surface area contributed by atoms with Gasteiger partial charge < -0.3 is 9.72 Å².